The fraction of sp³-hybridized carbons (Fsp3) is 0.536. The SMILES string of the molecule is C=C/C(F)=C\C=C(\F)CC1CN(c2ncc(C(=O)N(CCOC)C3CCN(c4nc(C(C)(F)F)no4)CC3)cn2)C[C@@H]1N. The molecule has 43 heavy (non-hydrogen) atoms. The Labute approximate surface area is 247 Å². The first-order chi connectivity index (χ1) is 20.5. The molecule has 2 saturated heterocycles. The van der Waals surface area contributed by atoms with Crippen LogP contribution < -0.4 is 15.5 Å². The molecule has 0 aliphatic carbocycles. The van der Waals surface area contributed by atoms with Crippen molar-refractivity contribution in [3.8, 4) is 0 Å². The van der Waals surface area contributed by atoms with Gasteiger partial charge in [0.15, 0.2) is 0 Å². The van der Waals surface area contributed by atoms with Crippen LogP contribution in [0.4, 0.5) is 29.5 Å². The van der Waals surface area contributed by atoms with Gasteiger partial charge >= 0.3 is 11.9 Å². The van der Waals surface area contributed by atoms with Gasteiger partial charge in [-0.1, -0.05) is 11.7 Å². The Kier molecular flexibility index (Phi) is 10.5. The van der Waals surface area contributed by atoms with Gasteiger partial charge < -0.3 is 29.7 Å². The van der Waals surface area contributed by atoms with Crippen LogP contribution in [0.25, 0.3) is 0 Å². The molecule has 0 spiro atoms. The summed E-state index contributed by atoms with van der Waals surface area (Å²) in [5.41, 5.74) is 6.52. The van der Waals surface area contributed by atoms with Crippen LogP contribution in [0.15, 0.2) is 53.4 Å². The van der Waals surface area contributed by atoms with E-state index < -0.39 is 23.4 Å². The molecule has 2 fully saturated rings. The minimum Gasteiger partial charge on any atom is -0.383 e. The second-order valence-corrected chi connectivity index (χ2v) is 10.7. The molecule has 2 atom stereocenters. The van der Waals surface area contributed by atoms with Gasteiger partial charge in [-0.3, -0.25) is 4.79 Å². The number of aromatic nitrogens is 4. The molecule has 2 N–H and O–H groups in total. The number of anilines is 2. The molecule has 0 aromatic carbocycles. The number of nitrogens with two attached hydrogens (primary N) is 1. The molecule has 1 amide bonds. The lowest BCUT2D eigenvalue weighted by Crippen LogP contribution is -2.48. The zero-order valence-corrected chi connectivity index (χ0v) is 24.1. The van der Waals surface area contributed by atoms with Crippen molar-refractivity contribution in [1.82, 2.24) is 25.0 Å². The summed E-state index contributed by atoms with van der Waals surface area (Å²) in [4.78, 5) is 31.4. The van der Waals surface area contributed by atoms with Gasteiger partial charge in [0.05, 0.1) is 12.2 Å². The van der Waals surface area contributed by atoms with Crippen molar-refractivity contribution in [1.29, 1.82) is 0 Å². The molecular weight excluding hydrogens is 572 g/mol. The summed E-state index contributed by atoms with van der Waals surface area (Å²) in [6.45, 7) is 6.31. The molecule has 2 aromatic heterocycles. The molecule has 15 heteroatoms. The van der Waals surface area contributed by atoms with Crippen LogP contribution in [0.1, 0.15) is 42.4 Å². The summed E-state index contributed by atoms with van der Waals surface area (Å²) >= 11 is 0. The van der Waals surface area contributed by atoms with E-state index in [1.165, 1.54) is 12.4 Å². The van der Waals surface area contributed by atoms with E-state index >= 15 is 0 Å². The first kappa shape index (κ1) is 32.1. The Balaban J connectivity index is 1.37. The lowest BCUT2D eigenvalue weighted by Gasteiger charge is -2.37. The summed E-state index contributed by atoms with van der Waals surface area (Å²) in [5.74, 6) is -5.13. The van der Waals surface area contributed by atoms with Gasteiger partial charge in [-0.15, -0.1) is 0 Å². The standard InChI is InChI=1S/C28H36F4N8O3/c1-4-20(29)5-6-21(30)13-18-16-39(17-23(18)33)26-34-14-19(15-35-26)24(41)40(11-12-42-3)22-7-9-38(10-8-22)27-36-25(37-43-27)28(2,31)32/h4-6,14-15,18,22-23H,1,7-13,16-17,33H2,2-3H3/b20-5+,21-6+/t18?,23-/m0/s1. The molecular formula is C28H36F4N8O3. The van der Waals surface area contributed by atoms with Crippen molar-refractivity contribution in [2.24, 2.45) is 11.7 Å². The summed E-state index contributed by atoms with van der Waals surface area (Å²) in [6, 6.07) is -0.469. The van der Waals surface area contributed by atoms with Gasteiger partial charge in [-0.25, -0.2) is 18.7 Å². The molecule has 4 rings (SSSR count). The van der Waals surface area contributed by atoms with E-state index in [9.17, 15) is 22.4 Å². The summed E-state index contributed by atoms with van der Waals surface area (Å²) < 4.78 is 64.8. The van der Waals surface area contributed by atoms with Crippen molar-refractivity contribution in [3.63, 3.8) is 0 Å². The summed E-state index contributed by atoms with van der Waals surface area (Å²) in [5, 5.41) is 3.38. The number of hydrogen-bond donors (Lipinski definition) is 1. The monoisotopic (exact) mass is 608 g/mol. The average Bonchev–Trinajstić information content (AvgIpc) is 3.64. The van der Waals surface area contributed by atoms with E-state index in [0.29, 0.717) is 70.6 Å². The zero-order chi connectivity index (χ0) is 31.1. The van der Waals surface area contributed by atoms with Crippen LogP contribution in [-0.4, -0.2) is 89.4 Å². The number of nitrogens with zero attached hydrogens (tertiary/aromatic N) is 7. The Hall–Kier alpha value is -3.85. The number of piperidine rings is 1. The Morgan fingerprint density at radius 1 is 1.21 bits per heavy atom. The fourth-order valence-electron chi connectivity index (χ4n) is 5.12. The van der Waals surface area contributed by atoms with E-state index in [4.69, 9.17) is 15.0 Å². The third-order valence-electron chi connectivity index (χ3n) is 7.52. The van der Waals surface area contributed by atoms with E-state index in [2.05, 4.69) is 26.7 Å². The Bertz CT molecular complexity index is 1310. The average molecular weight is 609 g/mol. The van der Waals surface area contributed by atoms with Crippen molar-refractivity contribution >= 4 is 17.9 Å². The lowest BCUT2D eigenvalue weighted by atomic mass is 10.00. The molecule has 0 saturated carbocycles. The third-order valence-corrected chi connectivity index (χ3v) is 7.52. The highest BCUT2D eigenvalue weighted by atomic mass is 19.3. The minimum absolute atomic E-state index is 0.0230. The molecule has 4 heterocycles. The van der Waals surface area contributed by atoms with Crippen molar-refractivity contribution in [2.45, 2.75) is 44.2 Å². The van der Waals surface area contributed by atoms with E-state index in [1.807, 2.05) is 4.90 Å². The minimum atomic E-state index is -3.20. The highest BCUT2D eigenvalue weighted by Gasteiger charge is 2.35. The Morgan fingerprint density at radius 2 is 1.91 bits per heavy atom. The molecule has 0 radical (unpaired) electrons. The highest BCUT2D eigenvalue weighted by Crippen LogP contribution is 2.29. The predicted octanol–water partition coefficient (Wildman–Crippen LogP) is 3.78. The van der Waals surface area contributed by atoms with Gasteiger partial charge in [-0.05, 0) is 37.0 Å². The van der Waals surface area contributed by atoms with Gasteiger partial charge in [0.1, 0.15) is 11.7 Å². The number of carbonyl (C=O) groups excluding carboxylic acids is 1. The fourth-order valence-corrected chi connectivity index (χ4v) is 5.12. The topological polar surface area (TPSA) is 127 Å². The maximum Gasteiger partial charge on any atom is 0.324 e. The van der Waals surface area contributed by atoms with Crippen LogP contribution in [0.5, 0.6) is 0 Å². The van der Waals surface area contributed by atoms with Crippen LogP contribution in [0, 0.1) is 5.92 Å². The summed E-state index contributed by atoms with van der Waals surface area (Å²) in [6.07, 6.45) is 7.10. The van der Waals surface area contributed by atoms with Gasteiger partial charge in [0.2, 0.25) is 11.8 Å². The molecule has 11 nitrogen and oxygen atoms in total. The quantitative estimate of drug-likeness (QED) is 0.281. The number of halogens is 4. The van der Waals surface area contributed by atoms with Crippen molar-refractivity contribution < 1.29 is 31.6 Å². The third kappa shape index (κ3) is 8.16. The number of hydrogen-bond acceptors (Lipinski definition) is 10. The van der Waals surface area contributed by atoms with E-state index in [1.54, 1.807) is 16.9 Å². The second kappa shape index (κ2) is 14.1. The number of alkyl halides is 2. The van der Waals surface area contributed by atoms with E-state index in [-0.39, 0.29) is 36.3 Å². The first-order valence-corrected chi connectivity index (χ1v) is 13.9. The second-order valence-electron chi connectivity index (χ2n) is 10.7. The smallest absolute Gasteiger partial charge is 0.324 e. The molecule has 2 aromatic rings. The summed E-state index contributed by atoms with van der Waals surface area (Å²) in [7, 11) is 1.55. The van der Waals surface area contributed by atoms with Crippen LogP contribution >= 0.6 is 0 Å². The van der Waals surface area contributed by atoms with Crippen LogP contribution in [-0.2, 0) is 10.7 Å². The van der Waals surface area contributed by atoms with E-state index in [0.717, 1.165) is 18.2 Å². The number of ether oxygens (including phenoxy) is 1. The molecule has 2 aliphatic heterocycles. The zero-order valence-electron chi connectivity index (χ0n) is 24.1. The van der Waals surface area contributed by atoms with Crippen molar-refractivity contribution in [3.05, 3.63) is 60.2 Å². The van der Waals surface area contributed by atoms with Crippen LogP contribution in [0.2, 0.25) is 0 Å². The number of carbonyl (C=O) groups is 1. The Morgan fingerprint density at radius 3 is 2.51 bits per heavy atom. The maximum absolute atomic E-state index is 14.3. The molecule has 1 unspecified atom stereocenters. The van der Waals surface area contributed by atoms with Crippen LogP contribution in [0.3, 0.4) is 0 Å². The predicted molar refractivity (Wildman–Crippen MR) is 151 cm³/mol. The van der Waals surface area contributed by atoms with Crippen molar-refractivity contribution in [2.75, 3.05) is 56.2 Å². The number of allylic oxidation sites excluding steroid dienone is 5. The number of methoxy groups -OCH3 is 1. The molecule has 234 valence electrons. The normalized spacial score (nSPS) is 20.5. The number of amides is 1. The van der Waals surface area contributed by atoms with Gasteiger partial charge in [-0.2, -0.15) is 13.8 Å². The maximum atomic E-state index is 14.3. The lowest BCUT2D eigenvalue weighted by molar-refractivity contribution is 0.00558. The number of rotatable bonds is 12. The van der Waals surface area contributed by atoms with Gasteiger partial charge in [0, 0.05) is 77.7 Å². The largest absolute Gasteiger partial charge is 0.383 e. The first-order valence-electron chi connectivity index (χ1n) is 13.9. The highest BCUT2D eigenvalue weighted by molar-refractivity contribution is 5.94. The molecule has 2 aliphatic rings. The van der Waals surface area contributed by atoms with Gasteiger partial charge in [0.25, 0.3) is 5.91 Å². The molecule has 0 bridgehead atoms.